The van der Waals surface area contributed by atoms with Crippen LogP contribution in [0, 0.1) is 0 Å². The highest BCUT2D eigenvalue weighted by molar-refractivity contribution is 6.06. The van der Waals surface area contributed by atoms with E-state index in [4.69, 9.17) is 4.74 Å². The fraction of sp³-hybridized carbons (Fsp3) is 0.105. The molecule has 0 atom stereocenters. The van der Waals surface area contributed by atoms with E-state index >= 15 is 0 Å². The van der Waals surface area contributed by atoms with Crippen LogP contribution in [0.15, 0.2) is 66.8 Å². The van der Waals surface area contributed by atoms with Crippen LogP contribution in [0.3, 0.4) is 0 Å². The third-order valence-electron chi connectivity index (χ3n) is 3.63. The van der Waals surface area contributed by atoms with E-state index in [0.29, 0.717) is 12.2 Å². The van der Waals surface area contributed by atoms with Crippen molar-refractivity contribution in [3.8, 4) is 0 Å². The molecule has 0 amide bonds. The van der Waals surface area contributed by atoms with E-state index < -0.39 is 0 Å². The summed E-state index contributed by atoms with van der Waals surface area (Å²) >= 11 is 0. The number of hydrogen-bond donors (Lipinski definition) is 0. The molecule has 0 fully saturated rings. The third-order valence-corrected chi connectivity index (χ3v) is 3.63. The van der Waals surface area contributed by atoms with E-state index in [2.05, 4.69) is 12.7 Å². The zero-order valence-electron chi connectivity index (χ0n) is 11.7. The average molecular weight is 276 g/mol. The summed E-state index contributed by atoms with van der Waals surface area (Å²) in [5.74, 6) is -0.283. The maximum absolute atomic E-state index is 12.3. The van der Waals surface area contributed by atoms with Gasteiger partial charge in [0.2, 0.25) is 0 Å². The van der Waals surface area contributed by atoms with Gasteiger partial charge in [-0.1, -0.05) is 61.2 Å². The van der Waals surface area contributed by atoms with Crippen molar-refractivity contribution >= 4 is 22.8 Å². The second-order valence-electron chi connectivity index (χ2n) is 4.99. The number of rotatable bonds is 4. The van der Waals surface area contributed by atoms with Gasteiger partial charge < -0.3 is 4.74 Å². The summed E-state index contributed by atoms with van der Waals surface area (Å²) in [6, 6.07) is 11.5. The van der Waals surface area contributed by atoms with Gasteiger partial charge in [0.05, 0.1) is 5.56 Å². The molecule has 2 nitrogen and oxygen atoms in total. The molecule has 0 aromatic heterocycles. The zero-order valence-corrected chi connectivity index (χ0v) is 11.7. The largest absolute Gasteiger partial charge is 0.458 e. The lowest BCUT2D eigenvalue weighted by atomic mass is 9.99. The average Bonchev–Trinajstić information content (AvgIpc) is 3.05. The summed E-state index contributed by atoms with van der Waals surface area (Å²) in [6.07, 6.45) is 8.69. The van der Waals surface area contributed by atoms with Crippen LogP contribution in [0.5, 0.6) is 0 Å². The third kappa shape index (κ3) is 2.65. The summed E-state index contributed by atoms with van der Waals surface area (Å²) in [4.78, 5) is 12.3. The summed E-state index contributed by atoms with van der Waals surface area (Å²) in [5.41, 5.74) is 2.74. The SMILES string of the molecule is C=Cc1ccc(C(=O)OCC2=CC=CC2)c2ccccc12. The van der Waals surface area contributed by atoms with Gasteiger partial charge in [0.15, 0.2) is 0 Å². The molecule has 2 heteroatoms. The van der Waals surface area contributed by atoms with Crippen molar-refractivity contribution in [3.63, 3.8) is 0 Å². The Kier molecular flexibility index (Phi) is 3.69. The van der Waals surface area contributed by atoms with Gasteiger partial charge in [-0.25, -0.2) is 4.79 Å². The van der Waals surface area contributed by atoms with E-state index in [0.717, 1.165) is 28.3 Å². The molecule has 1 aliphatic rings. The van der Waals surface area contributed by atoms with E-state index in [-0.39, 0.29) is 5.97 Å². The minimum absolute atomic E-state index is 0.283. The Morgan fingerprint density at radius 2 is 2.00 bits per heavy atom. The first kappa shape index (κ1) is 13.4. The standard InChI is InChI=1S/C19H16O2/c1-2-15-11-12-18(17-10-6-5-9-16(15)17)19(20)21-13-14-7-3-4-8-14/h2-7,9-12H,1,8,13H2. The molecular weight excluding hydrogens is 260 g/mol. The number of allylic oxidation sites excluding steroid dienone is 3. The first-order valence-corrected chi connectivity index (χ1v) is 6.95. The number of benzene rings is 2. The van der Waals surface area contributed by atoms with Gasteiger partial charge in [-0.3, -0.25) is 0 Å². The second kappa shape index (κ2) is 5.80. The lowest BCUT2D eigenvalue weighted by molar-refractivity contribution is 0.0541. The van der Waals surface area contributed by atoms with Crippen LogP contribution in [0.25, 0.3) is 16.8 Å². The van der Waals surface area contributed by atoms with Gasteiger partial charge in [-0.15, -0.1) is 0 Å². The minimum Gasteiger partial charge on any atom is -0.458 e. The van der Waals surface area contributed by atoms with Crippen LogP contribution >= 0.6 is 0 Å². The number of carbonyl (C=O) groups is 1. The Morgan fingerprint density at radius 1 is 1.19 bits per heavy atom. The molecule has 0 N–H and O–H groups in total. The van der Waals surface area contributed by atoms with Crippen LogP contribution in [0.4, 0.5) is 0 Å². The van der Waals surface area contributed by atoms with Crippen LogP contribution in [-0.2, 0) is 4.74 Å². The Hall–Kier alpha value is -2.61. The monoisotopic (exact) mass is 276 g/mol. The number of ether oxygens (including phenoxy) is 1. The van der Waals surface area contributed by atoms with Gasteiger partial charge >= 0.3 is 5.97 Å². The van der Waals surface area contributed by atoms with Crippen LogP contribution in [-0.4, -0.2) is 12.6 Å². The van der Waals surface area contributed by atoms with Crippen molar-refractivity contribution in [1.29, 1.82) is 0 Å². The zero-order chi connectivity index (χ0) is 14.7. The Balaban J connectivity index is 1.89. The summed E-state index contributed by atoms with van der Waals surface area (Å²) in [5, 5.41) is 1.92. The van der Waals surface area contributed by atoms with Gasteiger partial charge in [-0.2, -0.15) is 0 Å². The van der Waals surface area contributed by atoms with E-state index in [9.17, 15) is 4.79 Å². The highest BCUT2D eigenvalue weighted by Gasteiger charge is 2.13. The molecule has 0 aliphatic heterocycles. The van der Waals surface area contributed by atoms with Crippen molar-refractivity contribution < 1.29 is 9.53 Å². The Labute approximate surface area is 124 Å². The highest BCUT2D eigenvalue weighted by atomic mass is 16.5. The first-order chi connectivity index (χ1) is 10.3. The molecule has 104 valence electrons. The quantitative estimate of drug-likeness (QED) is 0.767. The Morgan fingerprint density at radius 3 is 2.71 bits per heavy atom. The van der Waals surface area contributed by atoms with Crippen molar-refractivity contribution in [2.45, 2.75) is 6.42 Å². The van der Waals surface area contributed by atoms with E-state index in [1.807, 2.05) is 48.6 Å². The number of esters is 1. The molecule has 21 heavy (non-hydrogen) atoms. The lowest BCUT2D eigenvalue weighted by Gasteiger charge is -2.10. The van der Waals surface area contributed by atoms with Gasteiger partial charge in [0, 0.05) is 0 Å². The van der Waals surface area contributed by atoms with Crippen molar-refractivity contribution in [3.05, 3.63) is 77.9 Å². The molecule has 0 unspecified atom stereocenters. The van der Waals surface area contributed by atoms with E-state index in [1.165, 1.54) is 0 Å². The maximum Gasteiger partial charge on any atom is 0.339 e. The molecule has 0 bridgehead atoms. The first-order valence-electron chi connectivity index (χ1n) is 6.95. The number of carbonyl (C=O) groups excluding carboxylic acids is 1. The predicted octanol–water partition coefficient (Wildman–Crippen LogP) is 4.53. The fourth-order valence-corrected chi connectivity index (χ4v) is 2.51. The molecule has 1 aliphatic carbocycles. The molecule has 0 saturated heterocycles. The van der Waals surface area contributed by atoms with Gasteiger partial charge in [0.25, 0.3) is 0 Å². The molecule has 0 spiro atoms. The fourth-order valence-electron chi connectivity index (χ4n) is 2.51. The van der Waals surface area contributed by atoms with E-state index in [1.54, 1.807) is 6.08 Å². The molecular formula is C19H16O2. The van der Waals surface area contributed by atoms with Crippen molar-refractivity contribution in [1.82, 2.24) is 0 Å². The number of fused-ring (bicyclic) bond motifs is 1. The van der Waals surface area contributed by atoms with Crippen molar-refractivity contribution in [2.75, 3.05) is 6.61 Å². The van der Waals surface area contributed by atoms with Crippen LogP contribution in [0.1, 0.15) is 22.3 Å². The predicted molar refractivity (Wildman–Crippen MR) is 86.2 cm³/mol. The summed E-state index contributed by atoms with van der Waals surface area (Å²) in [7, 11) is 0. The highest BCUT2D eigenvalue weighted by Crippen LogP contribution is 2.24. The normalized spacial score (nSPS) is 13.2. The summed E-state index contributed by atoms with van der Waals surface area (Å²) < 4.78 is 5.42. The topological polar surface area (TPSA) is 26.3 Å². The van der Waals surface area contributed by atoms with Crippen molar-refractivity contribution in [2.24, 2.45) is 0 Å². The lowest BCUT2D eigenvalue weighted by Crippen LogP contribution is -2.08. The van der Waals surface area contributed by atoms with Gasteiger partial charge in [-0.05, 0) is 34.4 Å². The minimum atomic E-state index is -0.283. The molecule has 2 aromatic carbocycles. The van der Waals surface area contributed by atoms with Crippen LogP contribution < -0.4 is 0 Å². The molecule has 0 saturated carbocycles. The molecule has 0 radical (unpaired) electrons. The molecule has 3 rings (SSSR count). The Bertz CT molecular complexity index is 766. The molecule has 2 aromatic rings. The maximum atomic E-state index is 12.3. The van der Waals surface area contributed by atoms with Gasteiger partial charge in [0.1, 0.15) is 6.61 Å². The number of hydrogen-bond acceptors (Lipinski definition) is 2. The second-order valence-corrected chi connectivity index (χ2v) is 4.99. The smallest absolute Gasteiger partial charge is 0.339 e. The summed E-state index contributed by atoms with van der Waals surface area (Å²) in [6.45, 7) is 4.16. The van der Waals surface area contributed by atoms with Crippen LogP contribution in [0.2, 0.25) is 0 Å². The molecule has 0 heterocycles.